The SMILES string of the molecule is CC(C)(C)c1ccc(NC2=C(c3cccs3)C(=O)N(Cc3ccncc3)C2=O)cc1. The van der Waals surface area contributed by atoms with Crippen LogP contribution in [-0.2, 0) is 21.5 Å². The van der Waals surface area contributed by atoms with Gasteiger partial charge in [0.25, 0.3) is 11.8 Å². The summed E-state index contributed by atoms with van der Waals surface area (Å²) < 4.78 is 0. The van der Waals surface area contributed by atoms with Crippen molar-refractivity contribution >= 4 is 34.4 Å². The summed E-state index contributed by atoms with van der Waals surface area (Å²) in [4.78, 5) is 32.5. The Morgan fingerprint density at radius 3 is 2.27 bits per heavy atom. The molecule has 0 bridgehead atoms. The van der Waals surface area contributed by atoms with E-state index in [2.05, 4.69) is 31.1 Å². The van der Waals surface area contributed by atoms with Crippen molar-refractivity contribution in [3.63, 3.8) is 0 Å². The second kappa shape index (κ2) is 7.88. The normalized spacial score (nSPS) is 14.6. The summed E-state index contributed by atoms with van der Waals surface area (Å²) in [6, 6.07) is 15.3. The monoisotopic (exact) mass is 417 g/mol. The first-order chi connectivity index (χ1) is 14.3. The first-order valence-electron chi connectivity index (χ1n) is 9.75. The van der Waals surface area contributed by atoms with Crippen molar-refractivity contribution in [2.45, 2.75) is 32.7 Å². The summed E-state index contributed by atoms with van der Waals surface area (Å²) in [5.74, 6) is -0.604. The molecule has 1 aromatic carbocycles. The van der Waals surface area contributed by atoms with Crippen molar-refractivity contribution in [1.82, 2.24) is 9.88 Å². The van der Waals surface area contributed by atoms with E-state index in [0.717, 1.165) is 16.1 Å². The molecule has 0 saturated carbocycles. The number of aromatic nitrogens is 1. The number of carbonyl (C=O) groups excluding carboxylic acids is 2. The molecule has 0 saturated heterocycles. The molecule has 1 aliphatic rings. The van der Waals surface area contributed by atoms with Gasteiger partial charge in [0, 0.05) is 23.0 Å². The summed E-state index contributed by atoms with van der Waals surface area (Å²) in [5, 5.41) is 5.12. The van der Waals surface area contributed by atoms with E-state index in [1.807, 2.05) is 53.9 Å². The van der Waals surface area contributed by atoms with Crippen LogP contribution in [0.4, 0.5) is 5.69 Å². The number of hydrogen-bond donors (Lipinski definition) is 1. The van der Waals surface area contributed by atoms with Crippen molar-refractivity contribution < 1.29 is 9.59 Å². The van der Waals surface area contributed by atoms with E-state index >= 15 is 0 Å². The molecule has 0 aliphatic carbocycles. The maximum Gasteiger partial charge on any atom is 0.278 e. The number of thiophene rings is 1. The third kappa shape index (κ3) is 3.91. The number of carbonyl (C=O) groups is 2. The Balaban J connectivity index is 1.67. The molecule has 0 fully saturated rings. The zero-order valence-corrected chi connectivity index (χ0v) is 18.0. The standard InChI is InChI=1S/C24H23N3O2S/c1-24(2,3)17-6-8-18(9-7-17)26-21-20(19-5-4-14-30-19)22(28)27(23(21)29)15-16-10-12-25-13-11-16/h4-14,26H,15H2,1-3H3. The van der Waals surface area contributed by atoms with E-state index in [9.17, 15) is 9.59 Å². The quantitative estimate of drug-likeness (QED) is 0.604. The fourth-order valence-electron chi connectivity index (χ4n) is 3.35. The van der Waals surface area contributed by atoms with Crippen LogP contribution in [-0.4, -0.2) is 21.7 Å². The van der Waals surface area contributed by atoms with Crippen molar-refractivity contribution in [2.24, 2.45) is 0 Å². The number of benzene rings is 1. The Bertz CT molecular complexity index is 1100. The van der Waals surface area contributed by atoms with E-state index in [0.29, 0.717) is 11.3 Å². The molecule has 5 nitrogen and oxygen atoms in total. The number of rotatable bonds is 5. The van der Waals surface area contributed by atoms with Gasteiger partial charge in [-0.3, -0.25) is 19.5 Å². The fourth-order valence-corrected chi connectivity index (χ4v) is 4.12. The third-order valence-electron chi connectivity index (χ3n) is 5.05. The largest absolute Gasteiger partial charge is 0.350 e. The van der Waals surface area contributed by atoms with Crippen LogP contribution < -0.4 is 5.32 Å². The smallest absolute Gasteiger partial charge is 0.278 e. The van der Waals surface area contributed by atoms with Gasteiger partial charge in [-0.15, -0.1) is 11.3 Å². The molecule has 0 unspecified atom stereocenters. The number of hydrogen-bond acceptors (Lipinski definition) is 5. The van der Waals surface area contributed by atoms with Crippen LogP contribution in [0.3, 0.4) is 0 Å². The predicted octanol–water partition coefficient (Wildman–Crippen LogP) is 4.83. The van der Waals surface area contributed by atoms with Gasteiger partial charge in [-0.05, 0) is 52.3 Å². The molecule has 2 aromatic heterocycles. The van der Waals surface area contributed by atoms with Crippen molar-refractivity contribution in [1.29, 1.82) is 0 Å². The Labute approximate surface area is 180 Å². The summed E-state index contributed by atoms with van der Waals surface area (Å²) >= 11 is 1.45. The summed E-state index contributed by atoms with van der Waals surface area (Å²) in [6.45, 7) is 6.68. The number of amides is 2. The van der Waals surface area contributed by atoms with Gasteiger partial charge in [-0.1, -0.05) is 39.0 Å². The maximum absolute atomic E-state index is 13.2. The van der Waals surface area contributed by atoms with Gasteiger partial charge in [0.05, 0.1) is 12.1 Å². The average Bonchev–Trinajstić information content (AvgIpc) is 3.32. The van der Waals surface area contributed by atoms with E-state index in [-0.39, 0.29) is 23.8 Å². The molecule has 3 heterocycles. The molecule has 0 spiro atoms. The number of nitrogens with zero attached hydrogens (tertiary/aromatic N) is 2. The minimum atomic E-state index is -0.319. The van der Waals surface area contributed by atoms with Crippen LogP contribution in [0, 0.1) is 0 Å². The Morgan fingerprint density at radius 1 is 0.967 bits per heavy atom. The van der Waals surface area contributed by atoms with Gasteiger partial charge < -0.3 is 5.32 Å². The Hall–Kier alpha value is -3.25. The highest BCUT2D eigenvalue weighted by Gasteiger charge is 2.39. The Morgan fingerprint density at radius 2 is 1.67 bits per heavy atom. The van der Waals surface area contributed by atoms with E-state index in [1.165, 1.54) is 21.8 Å². The summed E-state index contributed by atoms with van der Waals surface area (Å²) in [6.07, 6.45) is 3.31. The van der Waals surface area contributed by atoms with Crippen LogP contribution in [0.25, 0.3) is 5.57 Å². The molecule has 30 heavy (non-hydrogen) atoms. The van der Waals surface area contributed by atoms with Gasteiger partial charge in [0.1, 0.15) is 5.70 Å². The molecule has 1 aliphatic heterocycles. The lowest BCUT2D eigenvalue weighted by atomic mass is 9.87. The van der Waals surface area contributed by atoms with Gasteiger partial charge in [0.15, 0.2) is 0 Å². The predicted molar refractivity (Wildman–Crippen MR) is 120 cm³/mol. The minimum Gasteiger partial charge on any atom is -0.350 e. The summed E-state index contributed by atoms with van der Waals surface area (Å²) in [7, 11) is 0. The zero-order valence-electron chi connectivity index (χ0n) is 17.2. The third-order valence-corrected chi connectivity index (χ3v) is 5.93. The topological polar surface area (TPSA) is 62.3 Å². The van der Waals surface area contributed by atoms with Crippen LogP contribution in [0.1, 0.15) is 36.8 Å². The molecule has 1 N–H and O–H groups in total. The molecular formula is C24H23N3O2S. The highest BCUT2D eigenvalue weighted by atomic mass is 32.1. The highest BCUT2D eigenvalue weighted by molar-refractivity contribution is 7.11. The number of anilines is 1. The number of pyridine rings is 1. The van der Waals surface area contributed by atoms with E-state index in [4.69, 9.17) is 0 Å². The zero-order chi connectivity index (χ0) is 21.3. The molecule has 4 rings (SSSR count). The van der Waals surface area contributed by atoms with Crippen molar-refractivity contribution in [2.75, 3.05) is 5.32 Å². The molecule has 152 valence electrons. The number of imide groups is 1. The van der Waals surface area contributed by atoms with Crippen LogP contribution in [0.2, 0.25) is 0 Å². The highest BCUT2D eigenvalue weighted by Crippen LogP contribution is 2.34. The lowest BCUT2D eigenvalue weighted by Gasteiger charge is -2.19. The van der Waals surface area contributed by atoms with E-state index < -0.39 is 0 Å². The van der Waals surface area contributed by atoms with Crippen molar-refractivity contribution in [3.8, 4) is 0 Å². The second-order valence-electron chi connectivity index (χ2n) is 8.23. The molecule has 0 atom stereocenters. The van der Waals surface area contributed by atoms with Gasteiger partial charge in [0.2, 0.25) is 0 Å². The van der Waals surface area contributed by atoms with E-state index in [1.54, 1.807) is 12.4 Å². The summed E-state index contributed by atoms with van der Waals surface area (Å²) in [5.41, 5.74) is 3.62. The lowest BCUT2D eigenvalue weighted by Crippen LogP contribution is -2.31. The first kappa shape index (κ1) is 20.0. The Kier molecular flexibility index (Phi) is 5.26. The average molecular weight is 418 g/mol. The number of nitrogens with one attached hydrogen (secondary N) is 1. The first-order valence-corrected chi connectivity index (χ1v) is 10.6. The molecular weight excluding hydrogens is 394 g/mol. The fraction of sp³-hybridized carbons (Fsp3) is 0.208. The molecule has 3 aromatic rings. The molecule has 2 amide bonds. The minimum absolute atomic E-state index is 0.0421. The second-order valence-corrected chi connectivity index (χ2v) is 9.18. The van der Waals surface area contributed by atoms with Crippen molar-refractivity contribution in [3.05, 3.63) is 88.0 Å². The van der Waals surface area contributed by atoms with Gasteiger partial charge in [-0.25, -0.2) is 0 Å². The lowest BCUT2D eigenvalue weighted by molar-refractivity contribution is -0.137. The molecule has 0 radical (unpaired) electrons. The molecule has 6 heteroatoms. The van der Waals surface area contributed by atoms with Crippen LogP contribution in [0.5, 0.6) is 0 Å². The van der Waals surface area contributed by atoms with Crippen LogP contribution >= 0.6 is 11.3 Å². The van der Waals surface area contributed by atoms with Crippen LogP contribution in [0.15, 0.2) is 72.0 Å². The van der Waals surface area contributed by atoms with Gasteiger partial charge >= 0.3 is 0 Å². The van der Waals surface area contributed by atoms with Gasteiger partial charge in [-0.2, -0.15) is 0 Å². The maximum atomic E-state index is 13.2.